The number of hydrogen-bond acceptors (Lipinski definition) is 2. The second-order valence-corrected chi connectivity index (χ2v) is 5.44. The third-order valence-corrected chi connectivity index (χ3v) is 3.91. The van der Waals surface area contributed by atoms with Gasteiger partial charge < -0.3 is 10.2 Å². The summed E-state index contributed by atoms with van der Waals surface area (Å²) in [6.07, 6.45) is 0. The fraction of sp³-hybridized carbons (Fsp3) is 0.200. The van der Waals surface area contributed by atoms with Crippen LogP contribution in [0.1, 0.15) is 5.56 Å². The Morgan fingerprint density at radius 3 is 2.79 bits per heavy atom. The highest BCUT2D eigenvalue weighted by atomic mass is 35.5. The molecule has 0 radical (unpaired) electrons. The molecule has 0 fully saturated rings. The molecule has 4 heteroatoms. The fourth-order valence-electron chi connectivity index (χ4n) is 2.36. The van der Waals surface area contributed by atoms with Crippen LogP contribution in [0.15, 0.2) is 42.5 Å². The first kappa shape index (κ1) is 12.6. The zero-order chi connectivity index (χ0) is 13.2. The van der Waals surface area contributed by atoms with Crippen LogP contribution in [0.2, 0.25) is 10.0 Å². The number of halogens is 2. The lowest BCUT2D eigenvalue weighted by molar-refractivity contribution is 0.787. The first-order chi connectivity index (χ1) is 9.24. The van der Waals surface area contributed by atoms with Crippen LogP contribution in [0, 0.1) is 0 Å². The number of nitrogens with zero attached hydrogens (tertiary/aromatic N) is 1. The van der Waals surface area contributed by atoms with E-state index in [1.807, 2.05) is 18.2 Å². The molecule has 0 unspecified atom stereocenters. The van der Waals surface area contributed by atoms with Gasteiger partial charge in [0.1, 0.15) is 0 Å². The van der Waals surface area contributed by atoms with Gasteiger partial charge >= 0.3 is 0 Å². The van der Waals surface area contributed by atoms with Crippen molar-refractivity contribution in [3.05, 3.63) is 58.1 Å². The third kappa shape index (κ3) is 2.65. The van der Waals surface area contributed by atoms with Crippen molar-refractivity contribution < 1.29 is 0 Å². The van der Waals surface area contributed by atoms with E-state index in [-0.39, 0.29) is 0 Å². The fourth-order valence-corrected chi connectivity index (χ4v) is 2.83. The van der Waals surface area contributed by atoms with Crippen LogP contribution in [0.4, 0.5) is 11.4 Å². The van der Waals surface area contributed by atoms with Gasteiger partial charge in [-0.15, -0.1) is 0 Å². The number of benzene rings is 2. The molecule has 0 atom stereocenters. The lowest BCUT2D eigenvalue weighted by Crippen LogP contribution is -2.33. The first-order valence-corrected chi connectivity index (χ1v) is 7.01. The number of rotatable bonds is 2. The van der Waals surface area contributed by atoms with Crippen molar-refractivity contribution in [3.63, 3.8) is 0 Å². The predicted octanol–water partition coefficient (Wildman–Crippen LogP) is 4.43. The molecule has 1 N–H and O–H groups in total. The van der Waals surface area contributed by atoms with Crippen molar-refractivity contribution in [2.45, 2.75) is 6.54 Å². The SMILES string of the molecule is Clc1ccc(CN2CCNc3ccccc32)c(Cl)c1. The van der Waals surface area contributed by atoms with Crippen molar-refractivity contribution in [1.29, 1.82) is 0 Å². The highest BCUT2D eigenvalue weighted by Gasteiger charge is 2.16. The van der Waals surface area contributed by atoms with E-state index in [0.29, 0.717) is 5.02 Å². The van der Waals surface area contributed by atoms with Crippen molar-refractivity contribution in [3.8, 4) is 0 Å². The number of hydrogen-bond donors (Lipinski definition) is 1. The molecule has 0 aromatic heterocycles. The van der Waals surface area contributed by atoms with E-state index in [1.165, 1.54) is 11.4 Å². The summed E-state index contributed by atoms with van der Waals surface area (Å²) >= 11 is 12.2. The minimum absolute atomic E-state index is 0.675. The Balaban J connectivity index is 1.88. The summed E-state index contributed by atoms with van der Waals surface area (Å²) in [5.41, 5.74) is 3.50. The monoisotopic (exact) mass is 292 g/mol. The van der Waals surface area contributed by atoms with Crippen LogP contribution >= 0.6 is 23.2 Å². The van der Waals surface area contributed by atoms with Crippen LogP contribution in [0.25, 0.3) is 0 Å². The third-order valence-electron chi connectivity index (χ3n) is 3.32. The van der Waals surface area contributed by atoms with Crippen LogP contribution in [-0.2, 0) is 6.54 Å². The van der Waals surface area contributed by atoms with Gasteiger partial charge in [-0.1, -0.05) is 41.4 Å². The summed E-state index contributed by atoms with van der Waals surface area (Å²) in [6.45, 7) is 2.72. The molecule has 2 aromatic carbocycles. The highest BCUT2D eigenvalue weighted by molar-refractivity contribution is 6.35. The van der Waals surface area contributed by atoms with Gasteiger partial charge in [0.15, 0.2) is 0 Å². The predicted molar refractivity (Wildman–Crippen MR) is 82.4 cm³/mol. The molecule has 0 bridgehead atoms. The number of nitrogens with one attached hydrogen (secondary N) is 1. The van der Waals surface area contributed by atoms with E-state index in [2.05, 4.69) is 28.4 Å². The Hall–Kier alpha value is -1.38. The molecule has 2 aromatic rings. The van der Waals surface area contributed by atoms with Crippen LogP contribution in [0.3, 0.4) is 0 Å². The molecule has 2 nitrogen and oxygen atoms in total. The summed E-state index contributed by atoms with van der Waals surface area (Å²) in [6, 6.07) is 14.0. The maximum Gasteiger partial charge on any atom is 0.0605 e. The van der Waals surface area contributed by atoms with Gasteiger partial charge in [0.2, 0.25) is 0 Å². The molecule has 0 amide bonds. The molecule has 0 spiro atoms. The van der Waals surface area contributed by atoms with E-state index < -0.39 is 0 Å². The Kier molecular flexibility index (Phi) is 3.54. The lowest BCUT2D eigenvalue weighted by Gasteiger charge is -2.32. The molecule has 0 aliphatic carbocycles. The minimum Gasteiger partial charge on any atom is -0.382 e. The zero-order valence-corrected chi connectivity index (χ0v) is 11.9. The van der Waals surface area contributed by atoms with Gasteiger partial charge in [-0.05, 0) is 29.8 Å². The van der Waals surface area contributed by atoms with Crippen molar-refractivity contribution in [2.24, 2.45) is 0 Å². The summed E-state index contributed by atoms with van der Waals surface area (Å²) in [5.74, 6) is 0. The Labute approximate surface area is 122 Å². The van der Waals surface area contributed by atoms with Gasteiger partial charge in [0, 0.05) is 29.7 Å². The van der Waals surface area contributed by atoms with Gasteiger partial charge in [0.05, 0.1) is 11.4 Å². The summed E-state index contributed by atoms with van der Waals surface area (Å²) in [4.78, 5) is 2.33. The summed E-state index contributed by atoms with van der Waals surface area (Å²) in [5, 5.41) is 4.81. The molecule has 0 saturated carbocycles. The standard InChI is InChI=1S/C15H14Cl2N2/c16-12-6-5-11(13(17)9-12)10-19-8-7-18-14-3-1-2-4-15(14)19/h1-6,9,18H,7-8,10H2. The van der Waals surface area contributed by atoms with Gasteiger partial charge in [-0.2, -0.15) is 0 Å². The Bertz CT molecular complexity index is 598. The molecule has 98 valence electrons. The molecule has 1 heterocycles. The van der Waals surface area contributed by atoms with Crippen LogP contribution in [0.5, 0.6) is 0 Å². The highest BCUT2D eigenvalue weighted by Crippen LogP contribution is 2.31. The van der Waals surface area contributed by atoms with E-state index in [9.17, 15) is 0 Å². The molecule has 0 saturated heterocycles. The van der Waals surface area contributed by atoms with E-state index in [4.69, 9.17) is 23.2 Å². The smallest absolute Gasteiger partial charge is 0.0605 e. The summed E-state index contributed by atoms with van der Waals surface area (Å²) < 4.78 is 0. The molecule has 1 aliphatic rings. The number of para-hydroxylation sites is 2. The van der Waals surface area contributed by atoms with Crippen LogP contribution < -0.4 is 10.2 Å². The van der Waals surface area contributed by atoms with Crippen molar-refractivity contribution >= 4 is 34.6 Å². The van der Waals surface area contributed by atoms with E-state index in [1.54, 1.807) is 6.07 Å². The first-order valence-electron chi connectivity index (χ1n) is 6.26. The largest absolute Gasteiger partial charge is 0.382 e. The molecule has 1 aliphatic heterocycles. The van der Waals surface area contributed by atoms with Crippen LogP contribution in [-0.4, -0.2) is 13.1 Å². The van der Waals surface area contributed by atoms with Crippen molar-refractivity contribution in [2.75, 3.05) is 23.3 Å². The normalized spacial score (nSPS) is 13.9. The Morgan fingerprint density at radius 1 is 1.11 bits per heavy atom. The maximum atomic E-state index is 6.25. The van der Waals surface area contributed by atoms with E-state index in [0.717, 1.165) is 30.2 Å². The van der Waals surface area contributed by atoms with Gasteiger partial charge in [-0.25, -0.2) is 0 Å². The Morgan fingerprint density at radius 2 is 1.95 bits per heavy atom. The van der Waals surface area contributed by atoms with Crippen molar-refractivity contribution in [1.82, 2.24) is 0 Å². The van der Waals surface area contributed by atoms with Gasteiger partial charge in [0.25, 0.3) is 0 Å². The number of anilines is 2. The summed E-state index contributed by atoms with van der Waals surface area (Å²) in [7, 11) is 0. The van der Waals surface area contributed by atoms with Gasteiger partial charge in [-0.3, -0.25) is 0 Å². The minimum atomic E-state index is 0.675. The second-order valence-electron chi connectivity index (χ2n) is 4.60. The van der Waals surface area contributed by atoms with E-state index >= 15 is 0 Å². The second kappa shape index (κ2) is 5.32. The molecule has 19 heavy (non-hydrogen) atoms. The zero-order valence-electron chi connectivity index (χ0n) is 10.4. The lowest BCUT2D eigenvalue weighted by atomic mass is 10.1. The quantitative estimate of drug-likeness (QED) is 0.881. The molecule has 3 rings (SSSR count). The maximum absolute atomic E-state index is 6.25. The molecular formula is C15H14Cl2N2. The topological polar surface area (TPSA) is 15.3 Å². The average Bonchev–Trinajstić information content (AvgIpc) is 2.42. The average molecular weight is 293 g/mol. The molecular weight excluding hydrogens is 279 g/mol. The number of fused-ring (bicyclic) bond motifs is 1.